The number of unbranched alkanes of at least 4 members (excludes halogenated alkanes) is 48. The van der Waals surface area contributed by atoms with Crippen molar-refractivity contribution in [3.8, 4) is 0 Å². The van der Waals surface area contributed by atoms with E-state index >= 15 is 0 Å². The summed E-state index contributed by atoms with van der Waals surface area (Å²) in [4.78, 5) is 77.7. The minimum Gasteiger partial charge on any atom is -0.756 e. The molecule has 0 bridgehead atoms. The zero-order valence-electron chi connectivity index (χ0n) is 61.6. The number of carbonyl (C=O) groups is 4. The molecule has 0 spiro atoms. The van der Waals surface area contributed by atoms with Crippen molar-refractivity contribution in [1.29, 1.82) is 0 Å². The molecule has 0 aliphatic carbocycles. The van der Waals surface area contributed by atoms with Gasteiger partial charge < -0.3 is 53.1 Å². The molecule has 4 unspecified atom stereocenters. The fourth-order valence-electron chi connectivity index (χ4n) is 11.4. The molecule has 3 N–H and O–H groups in total. The van der Waals surface area contributed by atoms with Crippen LogP contribution in [0.15, 0.2) is 0 Å². The van der Waals surface area contributed by atoms with Crippen LogP contribution in [0.3, 0.4) is 0 Å². The second-order valence-electron chi connectivity index (χ2n) is 26.6. The molecule has 0 rings (SSSR count). The smallest absolute Gasteiger partial charge is 0.756 e. The number of rotatable bonds is 74. The van der Waals surface area contributed by atoms with Gasteiger partial charge in [-0.15, -0.1) is 0 Å². The Hall–Kier alpha value is 0.0600. The Morgan fingerprint density at radius 3 is 0.691 bits per heavy atom. The molecule has 0 aromatic rings. The SMILES string of the molecule is CCCCCCCCCCCCCCCC(=O)NC(COC(=O)CCCCCCCCCCCCCCC)COP(=O)([O-])OCC(O)COP(=O)([O-])OCC(COC(=O)CCCCCCCCCCCCCCC)NC(=O)CCCCCCCCCCCCCCC.[Na+].[Na+]. The van der Waals surface area contributed by atoms with Gasteiger partial charge in [-0.2, -0.15) is 0 Å². The number of hydrogen-bond donors (Lipinski definition) is 3. The van der Waals surface area contributed by atoms with E-state index in [2.05, 4.69) is 38.3 Å². The predicted molar refractivity (Wildman–Crippen MR) is 372 cm³/mol. The zero-order valence-corrected chi connectivity index (χ0v) is 67.4. The Labute approximate surface area is 620 Å². The Bertz CT molecular complexity index is 1660. The van der Waals surface area contributed by atoms with Gasteiger partial charge in [-0.3, -0.25) is 28.3 Å². The summed E-state index contributed by atoms with van der Waals surface area (Å²) in [6, 6.07) is -2.05. The Morgan fingerprint density at radius 1 is 0.298 bits per heavy atom. The minimum atomic E-state index is -5.17. The van der Waals surface area contributed by atoms with Crippen molar-refractivity contribution in [1.82, 2.24) is 10.6 Å². The molecule has 0 aromatic carbocycles. The van der Waals surface area contributed by atoms with Gasteiger partial charge in [-0.1, -0.05) is 336 Å². The fourth-order valence-corrected chi connectivity index (χ4v) is 13.0. The summed E-state index contributed by atoms with van der Waals surface area (Å²) < 4.78 is 56.9. The van der Waals surface area contributed by atoms with Crippen LogP contribution in [-0.2, 0) is 55.9 Å². The number of ether oxygens (including phenoxy) is 2. The van der Waals surface area contributed by atoms with Crippen LogP contribution < -0.4 is 79.5 Å². The van der Waals surface area contributed by atoms with Gasteiger partial charge in [0, 0.05) is 25.7 Å². The van der Waals surface area contributed by atoms with E-state index in [1.807, 2.05) is 0 Å². The van der Waals surface area contributed by atoms with E-state index in [-0.39, 0.29) is 110 Å². The number of hydrogen-bond acceptors (Lipinski definition) is 15. The zero-order chi connectivity index (χ0) is 67.5. The maximum Gasteiger partial charge on any atom is 1.00 e. The molecule has 0 radical (unpaired) electrons. The van der Waals surface area contributed by atoms with Crippen molar-refractivity contribution in [2.24, 2.45) is 0 Å². The number of phosphoric acid groups is 2. The van der Waals surface area contributed by atoms with Crippen LogP contribution >= 0.6 is 15.6 Å². The first-order chi connectivity index (χ1) is 44.7. The first-order valence-electron chi connectivity index (χ1n) is 38.4. The predicted octanol–water partition coefficient (Wildman–Crippen LogP) is 13.3. The molecule has 0 aliphatic heterocycles. The van der Waals surface area contributed by atoms with Crippen molar-refractivity contribution < 1.29 is 130 Å². The first-order valence-corrected chi connectivity index (χ1v) is 41.4. The van der Waals surface area contributed by atoms with E-state index in [4.69, 9.17) is 27.6 Å². The van der Waals surface area contributed by atoms with Crippen LogP contribution in [0.1, 0.15) is 387 Å². The Balaban J connectivity index is -0.0000414. The molecule has 17 nitrogen and oxygen atoms in total. The number of amides is 2. The monoisotopic (exact) mass is 1390 g/mol. The van der Waals surface area contributed by atoms with Gasteiger partial charge in [0.05, 0.1) is 38.5 Å². The summed E-state index contributed by atoms with van der Waals surface area (Å²) in [5.74, 6) is -1.61. The van der Waals surface area contributed by atoms with Crippen LogP contribution in [0.4, 0.5) is 0 Å². The van der Waals surface area contributed by atoms with Crippen LogP contribution in [0, 0.1) is 0 Å². The standard InChI is InChI=1S/C73H144N2O15P2.2Na/c1-5-9-13-17-21-25-29-33-37-41-45-49-53-57-70(77)74-67(61-85-72(79)59-55-51-47-43-39-35-31-27-23-19-15-11-7-3)63-87-91(81,82)89-65-69(76)66-90-92(83,84)88-64-68(75-71(78)58-54-50-46-42-38-34-30-26-22-18-14-10-6-2)62-86-73(80)60-56-52-48-44-40-36-32-28-24-20-16-12-8-4;;/h67-69,76H,5-66H2,1-4H3,(H,74,77)(H,75,78)(H,81,82)(H,83,84);;/q;2*+1/p-2. The van der Waals surface area contributed by atoms with E-state index < -0.39 is 72.2 Å². The third kappa shape index (κ3) is 73.3. The van der Waals surface area contributed by atoms with E-state index in [1.165, 1.54) is 231 Å². The minimum absolute atomic E-state index is 0. The van der Waals surface area contributed by atoms with Gasteiger partial charge in [0.25, 0.3) is 15.6 Å². The topological polar surface area (TPSA) is 248 Å². The quantitative estimate of drug-likeness (QED) is 0.0222. The fraction of sp³-hybridized carbons (Fsp3) is 0.945. The molecule has 0 heterocycles. The number of phosphoric ester groups is 2. The summed E-state index contributed by atoms with van der Waals surface area (Å²) in [7, 11) is -10.3. The molecule has 0 aliphatic rings. The normalized spacial score (nSPS) is 13.6. The summed E-state index contributed by atoms with van der Waals surface area (Å²) in [5.41, 5.74) is 0. The van der Waals surface area contributed by atoms with Crippen LogP contribution in [0.5, 0.6) is 0 Å². The van der Waals surface area contributed by atoms with Crippen molar-refractivity contribution in [3.05, 3.63) is 0 Å². The molecular weight excluding hydrogens is 1250 g/mol. The van der Waals surface area contributed by atoms with Gasteiger partial charge in [0.1, 0.15) is 19.3 Å². The Morgan fingerprint density at radius 2 is 0.479 bits per heavy atom. The number of esters is 2. The van der Waals surface area contributed by atoms with Crippen molar-refractivity contribution in [2.45, 2.75) is 405 Å². The third-order valence-corrected chi connectivity index (χ3v) is 19.2. The second kappa shape index (κ2) is 74.3. The molecular formula is C73H142N2Na2O15P2. The maximum absolute atomic E-state index is 13.1. The van der Waals surface area contributed by atoms with Crippen LogP contribution in [0.2, 0.25) is 0 Å². The average Bonchev–Trinajstić information content (AvgIpc) is 2.29. The van der Waals surface area contributed by atoms with E-state index in [0.29, 0.717) is 25.7 Å². The van der Waals surface area contributed by atoms with Crippen molar-refractivity contribution in [3.63, 3.8) is 0 Å². The van der Waals surface area contributed by atoms with E-state index in [9.17, 15) is 43.2 Å². The third-order valence-electron chi connectivity index (χ3n) is 17.3. The summed E-state index contributed by atoms with van der Waals surface area (Å²) in [6.45, 7) is 5.12. The molecule has 2 amide bonds. The average molecular weight is 1400 g/mol. The number of aliphatic hydroxyl groups is 1. The molecule has 0 saturated carbocycles. The molecule has 546 valence electrons. The molecule has 0 fully saturated rings. The Kier molecular flexibility index (Phi) is 77.6. The summed E-state index contributed by atoms with van der Waals surface area (Å²) >= 11 is 0. The largest absolute Gasteiger partial charge is 1.00 e. The molecule has 94 heavy (non-hydrogen) atoms. The first kappa shape index (κ1) is 98.2. The van der Waals surface area contributed by atoms with Gasteiger partial charge in [0.2, 0.25) is 11.8 Å². The number of nitrogens with one attached hydrogen (secondary N) is 2. The summed E-state index contributed by atoms with van der Waals surface area (Å²) in [5, 5.41) is 16.1. The van der Waals surface area contributed by atoms with Crippen LogP contribution in [-0.4, -0.2) is 86.7 Å². The number of aliphatic hydroxyl groups excluding tert-OH is 1. The van der Waals surface area contributed by atoms with E-state index in [0.717, 1.165) is 77.0 Å². The number of carbonyl (C=O) groups excluding carboxylic acids is 4. The van der Waals surface area contributed by atoms with Crippen molar-refractivity contribution >= 4 is 39.4 Å². The molecule has 21 heteroatoms. The summed E-state index contributed by atoms with van der Waals surface area (Å²) in [6.07, 6.45) is 59.5. The van der Waals surface area contributed by atoms with Crippen molar-refractivity contribution in [2.75, 3.05) is 39.6 Å². The molecule has 0 saturated heterocycles. The molecule has 0 aromatic heterocycles. The second-order valence-corrected chi connectivity index (χ2v) is 29.4. The van der Waals surface area contributed by atoms with Gasteiger partial charge in [-0.25, -0.2) is 0 Å². The van der Waals surface area contributed by atoms with E-state index in [1.54, 1.807) is 0 Å². The van der Waals surface area contributed by atoms with Gasteiger partial charge in [-0.05, 0) is 25.7 Å². The van der Waals surface area contributed by atoms with Gasteiger partial charge >= 0.3 is 71.1 Å². The molecule has 4 atom stereocenters. The van der Waals surface area contributed by atoms with Crippen LogP contribution in [0.25, 0.3) is 0 Å². The van der Waals surface area contributed by atoms with Gasteiger partial charge in [0.15, 0.2) is 0 Å². The maximum atomic E-state index is 13.1.